The molecule has 0 bridgehead atoms. The first-order valence-electron chi connectivity index (χ1n) is 7.98. The van der Waals surface area contributed by atoms with Gasteiger partial charge in [-0.15, -0.1) is 0 Å². The Hall–Kier alpha value is -2.09. The van der Waals surface area contributed by atoms with Crippen LogP contribution < -0.4 is 5.32 Å². The number of fused-ring (bicyclic) bond motifs is 1. The molecule has 0 spiro atoms. The van der Waals surface area contributed by atoms with E-state index in [0.29, 0.717) is 5.41 Å². The normalized spacial score (nSPS) is 15.4. The first kappa shape index (κ1) is 14.8. The lowest BCUT2D eigenvalue weighted by Crippen LogP contribution is -2.10. The quantitative estimate of drug-likeness (QED) is 0.859. The van der Waals surface area contributed by atoms with Gasteiger partial charge < -0.3 is 5.32 Å². The molecule has 2 heteroatoms. The molecule has 0 aliphatic heterocycles. The highest BCUT2D eigenvalue weighted by Gasteiger charge is 2.29. The van der Waals surface area contributed by atoms with Crippen LogP contribution in [0.1, 0.15) is 37.0 Å². The Morgan fingerprint density at radius 1 is 1.18 bits per heavy atom. The van der Waals surface area contributed by atoms with E-state index in [4.69, 9.17) is 0 Å². The van der Waals surface area contributed by atoms with E-state index < -0.39 is 0 Å². The van der Waals surface area contributed by atoms with E-state index in [2.05, 4.69) is 48.9 Å². The molecule has 0 fully saturated rings. The Bertz CT molecular complexity index is 671. The highest BCUT2D eigenvalue weighted by atomic mass is 14.9. The zero-order valence-electron chi connectivity index (χ0n) is 13.5. The van der Waals surface area contributed by atoms with Gasteiger partial charge in [0.2, 0.25) is 0 Å². The molecule has 1 aromatic heterocycles. The maximum Gasteiger partial charge on any atom is 0.0412 e. The summed E-state index contributed by atoms with van der Waals surface area (Å²) in [7, 11) is 0. The van der Waals surface area contributed by atoms with Crippen molar-refractivity contribution < 1.29 is 0 Å². The summed E-state index contributed by atoms with van der Waals surface area (Å²) in [4.78, 5) is 4.03. The van der Waals surface area contributed by atoms with Crippen molar-refractivity contribution in [3.05, 3.63) is 71.7 Å². The topological polar surface area (TPSA) is 24.9 Å². The molecular formula is C20H24N2. The zero-order valence-corrected chi connectivity index (χ0v) is 13.5. The predicted octanol–water partition coefficient (Wildman–Crippen LogP) is 4.76. The van der Waals surface area contributed by atoms with E-state index >= 15 is 0 Å². The molecule has 0 atom stereocenters. The number of anilines is 1. The van der Waals surface area contributed by atoms with Gasteiger partial charge in [0.1, 0.15) is 0 Å². The van der Waals surface area contributed by atoms with Gasteiger partial charge in [-0.3, -0.25) is 4.98 Å². The average molecular weight is 292 g/mol. The molecule has 114 valence electrons. The summed E-state index contributed by atoms with van der Waals surface area (Å²) in [6, 6.07) is 10.7. The van der Waals surface area contributed by atoms with E-state index in [1.165, 1.54) is 24.0 Å². The number of rotatable bonds is 5. The molecule has 1 aliphatic rings. The first-order valence-corrected chi connectivity index (χ1v) is 7.98. The monoisotopic (exact) mass is 292 g/mol. The number of pyridine rings is 1. The third-order valence-electron chi connectivity index (χ3n) is 4.39. The van der Waals surface area contributed by atoms with Gasteiger partial charge in [0.25, 0.3) is 0 Å². The number of hydrogen-bond acceptors (Lipinski definition) is 2. The largest absolute Gasteiger partial charge is 0.359 e. The van der Waals surface area contributed by atoms with Crippen LogP contribution in [0, 0.1) is 5.41 Å². The Labute approximate surface area is 133 Å². The van der Waals surface area contributed by atoms with Gasteiger partial charge in [-0.25, -0.2) is 0 Å². The van der Waals surface area contributed by atoms with Crippen LogP contribution in [0.2, 0.25) is 0 Å². The highest BCUT2D eigenvalue weighted by Crippen LogP contribution is 2.38. The molecule has 3 rings (SSSR count). The first-order chi connectivity index (χ1) is 10.5. The maximum atomic E-state index is 4.16. The molecule has 0 amide bonds. The fraction of sp³-hybridized carbons (Fsp3) is 0.350. The number of benzene rings is 1. The van der Waals surface area contributed by atoms with Crippen molar-refractivity contribution in [3.63, 3.8) is 0 Å². The van der Waals surface area contributed by atoms with Gasteiger partial charge in [0.05, 0.1) is 0 Å². The summed E-state index contributed by atoms with van der Waals surface area (Å²) >= 11 is 0. The minimum Gasteiger partial charge on any atom is -0.359 e. The molecule has 0 unspecified atom stereocenters. The van der Waals surface area contributed by atoms with Crippen LogP contribution in [0.15, 0.2) is 55.0 Å². The minimum absolute atomic E-state index is 0.407. The Morgan fingerprint density at radius 3 is 2.73 bits per heavy atom. The van der Waals surface area contributed by atoms with Crippen LogP contribution in [-0.4, -0.2) is 4.98 Å². The summed E-state index contributed by atoms with van der Waals surface area (Å²) in [6.07, 6.45) is 7.99. The fourth-order valence-corrected chi connectivity index (χ4v) is 3.36. The molecule has 0 radical (unpaired) electrons. The van der Waals surface area contributed by atoms with E-state index in [9.17, 15) is 0 Å². The van der Waals surface area contributed by atoms with Crippen molar-refractivity contribution in [3.8, 4) is 0 Å². The van der Waals surface area contributed by atoms with Crippen LogP contribution in [0.25, 0.3) is 0 Å². The average Bonchev–Trinajstić information content (AvgIpc) is 2.80. The molecule has 1 aromatic carbocycles. The summed E-state index contributed by atoms with van der Waals surface area (Å²) in [5.41, 5.74) is 7.12. The van der Waals surface area contributed by atoms with E-state index in [-0.39, 0.29) is 0 Å². The summed E-state index contributed by atoms with van der Waals surface area (Å²) < 4.78 is 0. The maximum absolute atomic E-state index is 4.16. The number of hydrogen-bond donors (Lipinski definition) is 1. The molecule has 0 saturated carbocycles. The van der Waals surface area contributed by atoms with Crippen molar-refractivity contribution in [1.29, 1.82) is 0 Å². The Balaban J connectivity index is 1.63. The SMILES string of the molecule is C=C(CCc1cccc2c1CC(C)(C)C2)Nc1ccncc1. The van der Waals surface area contributed by atoms with Gasteiger partial charge >= 0.3 is 0 Å². The second-order valence-corrected chi connectivity index (χ2v) is 7.04. The van der Waals surface area contributed by atoms with Crippen LogP contribution in [-0.2, 0) is 19.3 Å². The van der Waals surface area contributed by atoms with Gasteiger partial charge in [-0.1, -0.05) is 38.6 Å². The van der Waals surface area contributed by atoms with Crippen LogP contribution in [0.4, 0.5) is 5.69 Å². The van der Waals surface area contributed by atoms with Crippen LogP contribution >= 0.6 is 0 Å². The van der Waals surface area contributed by atoms with Gasteiger partial charge in [-0.2, -0.15) is 0 Å². The number of nitrogens with one attached hydrogen (secondary N) is 1. The summed E-state index contributed by atoms with van der Waals surface area (Å²) in [5.74, 6) is 0. The molecule has 1 N–H and O–H groups in total. The number of aryl methyl sites for hydroxylation is 1. The molecule has 1 aliphatic carbocycles. The van der Waals surface area contributed by atoms with Crippen molar-refractivity contribution in [2.24, 2.45) is 5.41 Å². The lowest BCUT2D eigenvalue weighted by Gasteiger charge is -2.15. The van der Waals surface area contributed by atoms with E-state index in [1.54, 1.807) is 18.0 Å². The Kier molecular flexibility index (Phi) is 4.02. The third kappa shape index (κ3) is 3.38. The molecule has 0 saturated heterocycles. The van der Waals surface area contributed by atoms with Gasteiger partial charge in [0.15, 0.2) is 0 Å². The second kappa shape index (κ2) is 5.96. The Morgan fingerprint density at radius 2 is 1.95 bits per heavy atom. The number of aromatic nitrogens is 1. The van der Waals surface area contributed by atoms with Crippen molar-refractivity contribution in [1.82, 2.24) is 4.98 Å². The number of nitrogens with zero attached hydrogens (tertiary/aromatic N) is 1. The summed E-state index contributed by atoms with van der Waals surface area (Å²) in [6.45, 7) is 8.88. The third-order valence-corrected chi connectivity index (χ3v) is 4.39. The van der Waals surface area contributed by atoms with Crippen molar-refractivity contribution in [2.75, 3.05) is 5.32 Å². The number of allylic oxidation sites excluding steroid dienone is 1. The summed E-state index contributed by atoms with van der Waals surface area (Å²) in [5, 5.41) is 3.36. The van der Waals surface area contributed by atoms with Crippen LogP contribution in [0.3, 0.4) is 0 Å². The predicted molar refractivity (Wildman–Crippen MR) is 93.0 cm³/mol. The lowest BCUT2D eigenvalue weighted by molar-refractivity contribution is 0.392. The van der Waals surface area contributed by atoms with Crippen molar-refractivity contribution in [2.45, 2.75) is 39.5 Å². The minimum atomic E-state index is 0.407. The molecule has 2 aromatic rings. The fourth-order valence-electron chi connectivity index (χ4n) is 3.36. The highest BCUT2D eigenvalue weighted by molar-refractivity contribution is 5.46. The smallest absolute Gasteiger partial charge is 0.0412 e. The second-order valence-electron chi connectivity index (χ2n) is 7.04. The van der Waals surface area contributed by atoms with Gasteiger partial charge in [-0.05, 0) is 59.9 Å². The standard InChI is InChI=1S/C20H24N2/c1-15(22-18-9-11-21-12-10-18)7-8-16-5-4-6-17-13-20(2,3)14-19(16)17/h4-6,9-12H,1,7-8,13-14H2,2-3H3,(H,21,22). The lowest BCUT2D eigenvalue weighted by atomic mass is 9.89. The molecule has 22 heavy (non-hydrogen) atoms. The molecular weight excluding hydrogens is 268 g/mol. The molecule has 1 heterocycles. The zero-order chi connectivity index (χ0) is 15.6. The van der Waals surface area contributed by atoms with Crippen molar-refractivity contribution >= 4 is 5.69 Å². The van der Waals surface area contributed by atoms with E-state index in [0.717, 1.165) is 24.2 Å². The van der Waals surface area contributed by atoms with Gasteiger partial charge in [0, 0.05) is 23.8 Å². The van der Waals surface area contributed by atoms with E-state index in [1.807, 2.05) is 12.1 Å². The molecule has 2 nitrogen and oxygen atoms in total. The van der Waals surface area contributed by atoms with Crippen LogP contribution in [0.5, 0.6) is 0 Å².